The smallest absolute Gasteiger partial charge is 0.309 e. The van der Waals surface area contributed by atoms with Crippen LogP contribution < -0.4 is 5.30 Å². The molecule has 0 fully saturated rings. The maximum atomic E-state index is 12.4. The minimum atomic E-state index is -3.13. The van der Waals surface area contributed by atoms with E-state index in [1.54, 1.807) is 0 Å². The van der Waals surface area contributed by atoms with Crippen LogP contribution in [0, 0.1) is 0 Å². The second-order valence-corrected chi connectivity index (χ2v) is 5.69. The van der Waals surface area contributed by atoms with E-state index in [-0.39, 0.29) is 0 Å². The highest BCUT2D eigenvalue weighted by molar-refractivity contribution is 7.62. The first kappa shape index (κ1) is 13.4. The van der Waals surface area contributed by atoms with Crippen molar-refractivity contribution in [2.24, 2.45) is 0 Å². The summed E-state index contributed by atoms with van der Waals surface area (Å²) >= 11 is 0. The molecule has 90 valence electrons. The van der Waals surface area contributed by atoms with Crippen LogP contribution in [0.25, 0.3) is 0 Å². The van der Waals surface area contributed by atoms with Crippen LogP contribution in [0.3, 0.4) is 0 Å². The summed E-state index contributed by atoms with van der Waals surface area (Å²) in [4.78, 5) is 0. The van der Waals surface area contributed by atoms with Gasteiger partial charge in [0.2, 0.25) is 0 Å². The van der Waals surface area contributed by atoms with E-state index in [1.807, 2.05) is 19.1 Å². The van der Waals surface area contributed by atoms with Crippen LogP contribution in [0.2, 0.25) is 0 Å². The van der Waals surface area contributed by atoms with Gasteiger partial charge in [-0.3, -0.25) is 4.57 Å². The molecule has 0 unspecified atom stereocenters. The van der Waals surface area contributed by atoms with Crippen molar-refractivity contribution in [2.75, 3.05) is 14.2 Å². The van der Waals surface area contributed by atoms with Crippen molar-refractivity contribution in [3.05, 3.63) is 29.3 Å². The lowest BCUT2D eigenvalue weighted by Crippen LogP contribution is -2.15. The normalized spacial score (nSPS) is 11.8. The fourth-order valence-corrected chi connectivity index (χ4v) is 3.33. The third kappa shape index (κ3) is 2.37. The summed E-state index contributed by atoms with van der Waals surface area (Å²) in [5.41, 5.74) is 2.28. The molecule has 16 heavy (non-hydrogen) atoms. The molecule has 3 nitrogen and oxygen atoms in total. The van der Waals surface area contributed by atoms with Crippen molar-refractivity contribution < 1.29 is 13.6 Å². The van der Waals surface area contributed by atoms with Gasteiger partial charge in [0.1, 0.15) is 0 Å². The first-order chi connectivity index (χ1) is 7.62. The highest BCUT2D eigenvalue weighted by Gasteiger charge is 2.27. The van der Waals surface area contributed by atoms with E-state index in [4.69, 9.17) is 9.05 Å². The molecule has 0 amide bonds. The van der Waals surface area contributed by atoms with Crippen molar-refractivity contribution in [3.8, 4) is 0 Å². The molecule has 0 bridgehead atoms. The largest absolute Gasteiger partial charge is 0.361 e. The molecule has 0 aliphatic carbocycles. The van der Waals surface area contributed by atoms with Gasteiger partial charge in [-0.1, -0.05) is 26.0 Å². The average molecular weight is 242 g/mol. The summed E-state index contributed by atoms with van der Waals surface area (Å²) in [6.45, 7) is 4.14. The summed E-state index contributed by atoms with van der Waals surface area (Å²) < 4.78 is 22.5. The van der Waals surface area contributed by atoms with Crippen molar-refractivity contribution in [3.63, 3.8) is 0 Å². The third-order valence-electron chi connectivity index (χ3n) is 2.76. The Morgan fingerprint density at radius 3 is 2.19 bits per heavy atom. The molecule has 0 spiro atoms. The Morgan fingerprint density at radius 2 is 1.75 bits per heavy atom. The van der Waals surface area contributed by atoms with Gasteiger partial charge in [-0.2, -0.15) is 0 Å². The molecule has 0 atom stereocenters. The Bertz CT molecular complexity index is 393. The second kappa shape index (κ2) is 5.62. The van der Waals surface area contributed by atoms with Crippen molar-refractivity contribution in [2.45, 2.75) is 26.7 Å². The summed E-state index contributed by atoms with van der Waals surface area (Å²) in [6, 6.07) is 5.78. The maximum Gasteiger partial charge on any atom is 0.361 e. The van der Waals surface area contributed by atoms with Crippen LogP contribution in [0.4, 0.5) is 0 Å². The first-order valence-corrected chi connectivity index (χ1v) is 7.00. The fraction of sp³-hybridized carbons (Fsp3) is 0.500. The molecule has 4 heteroatoms. The van der Waals surface area contributed by atoms with Gasteiger partial charge >= 0.3 is 7.60 Å². The van der Waals surface area contributed by atoms with Gasteiger partial charge in [-0.05, 0) is 30.0 Å². The van der Waals surface area contributed by atoms with Crippen LogP contribution in [0.15, 0.2) is 18.2 Å². The van der Waals surface area contributed by atoms with E-state index in [1.165, 1.54) is 19.8 Å². The molecular weight excluding hydrogens is 223 g/mol. The van der Waals surface area contributed by atoms with E-state index in [9.17, 15) is 4.57 Å². The maximum absolute atomic E-state index is 12.4. The van der Waals surface area contributed by atoms with Gasteiger partial charge in [0.05, 0.1) is 5.30 Å². The van der Waals surface area contributed by atoms with Gasteiger partial charge in [0, 0.05) is 14.2 Å². The van der Waals surface area contributed by atoms with Gasteiger partial charge in [0.15, 0.2) is 0 Å². The lowest BCUT2D eigenvalue weighted by molar-refractivity contribution is 0.287. The van der Waals surface area contributed by atoms with Crippen LogP contribution in [-0.2, 0) is 26.5 Å². The van der Waals surface area contributed by atoms with Crippen LogP contribution in [0.5, 0.6) is 0 Å². The molecule has 0 aliphatic heterocycles. The zero-order valence-corrected chi connectivity index (χ0v) is 11.2. The van der Waals surface area contributed by atoms with Gasteiger partial charge < -0.3 is 9.05 Å². The molecule has 1 aromatic rings. The Labute approximate surface area is 97.3 Å². The highest BCUT2D eigenvalue weighted by atomic mass is 31.2. The molecule has 1 rings (SSSR count). The Morgan fingerprint density at radius 1 is 1.12 bits per heavy atom. The van der Waals surface area contributed by atoms with E-state index < -0.39 is 7.60 Å². The monoisotopic (exact) mass is 242 g/mol. The predicted octanol–water partition coefficient (Wildman–Crippen LogP) is 2.92. The topological polar surface area (TPSA) is 35.5 Å². The SMILES string of the molecule is CCc1cccc(P(=O)(OC)OC)c1CC. The predicted molar refractivity (Wildman–Crippen MR) is 66.5 cm³/mol. The van der Waals surface area contributed by atoms with E-state index >= 15 is 0 Å². The van der Waals surface area contributed by atoms with Crippen LogP contribution in [-0.4, -0.2) is 14.2 Å². The Hall–Kier alpha value is -0.630. The molecule has 0 aliphatic rings. The zero-order chi connectivity index (χ0) is 12.2. The van der Waals surface area contributed by atoms with Gasteiger partial charge in [-0.15, -0.1) is 0 Å². The minimum Gasteiger partial charge on any atom is -0.309 e. The summed E-state index contributed by atoms with van der Waals surface area (Å²) in [5, 5.41) is 0.694. The molecule has 0 saturated carbocycles. The molecule has 1 aromatic carbocycles. The number of rotatable bonds is 5. The molecule has 0 radical (unpaired) electrons. The summed E-state index contributed by atoms with van der Waals surface area (Å²) in [6.07, 6.45) is 1.75. The lowest BCUT2D eigenvalue weighted by Gasteiger charge is -2.18. The van der Waals surface area contributed by atoms with E-state index in [0.717, 1.165) is 18.4 Å². The molecule has 0 saturated heterocycles. The first-order valence-electron chi connectivity index (χ1n) is 5.45. The van der Waals surface area contributed by atoms with Crippen LogP contribution >= 0.6 is 7.60 Å². The van der Waals surface area contributed by atoms with Crippen molar-refractivity contribution >= 4 is 12.9 Å². The number of aryl methyl sites for hydroxylation is 1. The van der Waals surface area contributed by atoms with Crippen LogP contribution in [0.1, 0.15) is 25.0 Å². The molecule has 0 aromatic heterocycles. The molecular formula is C12H19O3P. The quantitative estimate of drug-likeness (QED) is 0.745. The second-order valence-electron chi connectivity index (χ2n) is 3.48. The number of hydrogen-bond donors (Lipinski definition) is 0. The zero-order valence-electron chi connectivity index (χ0n) is 10.3. The van der Waals surface area contributed by atoms with Gasteiger partial charge in [-0.25, -0.2) is 0 Å². The number of benzene rings is 1. The van der Waals surface area contributed by atoms with Gasteiger partial charge in [0.25, 0.3) is 0 Å². The van der Waals surface area contributed by atoms with E-state index in [0.29, 0.717) is 5.30 Å². The Kier molecular flexibility index (Phi) is 4.72. The fourth-order valence-electron chi connectivity index (χ4n) is 1.89. The van der Waals surface area contributed by atoms with Crippen molar-refractivity contribution in [1.29, 1.82) is 0 Å². The molecule has 0 heterocycles. The van der Waals surface area contributed by atoms with Crippen molar-refractivity contribution in [1.82, 2.24) is 0 Å². The standard InChI is InChI=1S/C12H19O3P/c1-5-10-8-7-9-12(11(10)6-2)16(13,14-3)15-4/h7-9H,5-6H2,1-4H3. The molecule has 0 N–H and O–H groups in total. The summed E-state index contributed by atoms with van der Waals surface area (Å²) in [7, 11) is -0.290. The van der Waals surface area contributed by atoms with E-state index in [2.05, 4.69) is 13.0 Å². The highest BCUT2D eigenvalue weighted by Crippen LogP contribution is 2.46. The number of hydrogen-bond acceptors (Lipinski definition) is 3. The summed E-state index contributed by atoms with van der Waals surface area (Å²) in [5.74, 6) is 0. The third-order valence-corrected chi connectivity index (χ3v) is 4.73. The average Bonchev–Trinajstić information content (AvgIpc) is 2.36. The minimum absolute atomic E-state index is 0.694. The Balaban J connectivity index is 3.38. The lowest BCUT2D eigenvalue weighted by atomic mass is 10.0.